The summed E-state index contributed by atoms with van der Waals surface area (Å²) in [6, 6.07) is 3.96. The highest BCUT2D eigenvalue weighted by molar-refractivity contribution is 6.12. The van der Waals surface area contributed by atoms with E-state index < -0.39 is 21.9 Å². The Morgan fingerprint density at radius 3 is 2.76 bits per heavy atom. The van der Waals surface area contributed by atoms with Gasteiger partial charge in [0.15, 0.2) is 0 Å². The largest absolute Gasteiger partial charge is 0.485 e. The number of piperidine rings is 2. The molecule has 1 aliphatic carbocycles. The van der Waals surface area contributed by atoms with Crippen molar-refractivity contribution in [3.63, 3.8) is 0 Å². The smallest absolute Gasteiger partial charge is 0.249 e. The first-order valence-electron chi connectivity index (χ1n) is 12.0. The number of carbonyl (C=O) groups is 3. The average molecular weight is 448 g/mol. The summed E-state index contributed by atoms with van der Waals surface area (Å²) in [7, 11) is 0. The number of hydrogen-bond acceptors (Lipinski definition) is 4. The molecular weight excluding hydrogens is 418 g/mol. The third kappa shape index (κ3) is 1.84. The van der Waals surface area contributed by atoms with Crippen LogP contribution in [-0.4, -0.2) is 46.3 Å². The lowest BCUT2D eigenvalue weighted by atomic mass is 9.57. The molecule has 5 atom stereocenters. The first-order valence-corrected chi connectivity index (χ1v) is 12.0. The summed E-state index contributed by atoms with van der Waals surface area (Å²) in [5, 5.41) is 6.39. The summed E-state index contributed by atoms with van der Waals surface area (Å²) >= 11 is 0. The predicted molar refractivity (Wildman–Crippen MR) is 121 cm³/mol. The second-order valence-electron chi connectivity index (χ2n) is 11.7. The number of carbonyl (C=O) groups excluding carboxylic acids is 3. The molecule has 172 valence electrons. The quantitative estimate of drug-likeness (QED) is 0.648. The lowest BCUT2D eigenvalue weighted by Crippen LogP contribution is -2.81. The van der Waals surface area contributed by atoms with Gasteiger partial charge in [-0.3, -0.25) is 14.4 Å². The number of piperazine rings is 1. The lowest BCUT2D eigenvalue weighted by Gasteiger charge is -2.59. The predicted octanol–water partition coefficient (Wildman–Crippen LogP) is 2.44. The van der Waals surface area contributed by atoms with E-state index in [0.717, 1.165) is 34.6 Å². The van der Waals surface area contributed by atoms with E-state index in [2.05, 4.69) is 31.1 Å². The third-order valence-electron chi connectivity index (χ3n) is 10.1. The molecule has 4 saturated heterocycles. The van der Waals surface area contributed by atoms with Gasteiger partial charge in [0.1, 0.15) is 22.9 Å². The Balaban J connectivity index is 1.41. The minimum absolute atomic E-state index is 0.00823. The Labute approximate surface area is 192 Å². The van der Waals surface area contributed by atoms with E-state index in [9.17, 15) is 14.4 Å². The molecule has 0 radical (unpaired) electrons. The highest BCUT2D eigenvalue weighted by Crippen LogP contribution is 2.70. The standard InChI is InChI=1S/C26H29N3O4/c1-13(2)17-10-14-16(33-17)7-6-15-19(14)27-21(31)25(15)12-26-18(23(25,3)4)11-24(20(30)28-26)8-5-9-29(24)22(26)32/h6-7,17-18H,1,5,8-12H2,2-4H3,(H,27,31)(H,28,30)/t17?,18-,24+,25+,26?/m1/s1. The van der Waals surface area contributed by atoms with Crippen molar-refractivity contribution in [3.8, 4) is 5.75 Å². The van der Waals surface area contributed by atoms with E-state index in [-0.39, 0.29) is 29.7 Å². The van der Waals surface area contributed by atoms with Gasteiger partial charge in [-0.15, -0.1) is 0 Å². The fourth-order valence-corrected chi connectivity index (χ4v) is 8.39. The van der Waals surface area contributed by atoms with Crippen LogP contribution in [0.2, 0.25) is 0 Å². The van der Waals surface area contributed by atoms with Gasteiger partial charge in [0.2, 0.25) is 17.7 Å². The molecule has 33 heavy (non-hydrogen) atoms. The number of nitrogens with one attached hydrogen (secondary N) is 2. The first-order chi connectivity index (χ1) is 15.6. The molecule has 1 aromatic carbocycles. The van der Waals surface area contributed by atoms with E-state index in [1.807, 2.05) is 24.0 Å². The van der Waals surface area contributed by atoms with E-state index in [0.29, 0.717) is 32.2 Å². The Morgan fingerprint density at radius 2 is 2.00 bits per heavy atom. The van der Waals surface area contributed by atoms with Crippen LogP contribution in [0.25, 0.3) is 0 Å². The molecule has 1 saturated carbocycles. The van der Waals surface area contributed by atoms with Crippen LogP contribution in [0.4, 0.5) is 5.69 Å². The number of benzene rings is 1. The monoisotopic (exact) mass is 447 g/mol. The van der Waals surface area contributed by atoms with Gasteiger partial charge in [-0.2, -0.15) is 0 Å². The van der Waals surface area contributed by atoms with Gasteiger partial charge in [0.25, 0.3) is 0 Å². The minimum atomic E-state index is -1.03. The second-order valence-corrected chi connectivity index (χ2v) is 11.7. The second kappa shape index (κ2) is 5.45. The summed E-state index contributed by atoms with van der Waals surface area (Å²) in [6.07, 6.45) is 3.07. The molecule has 3 amide bonds. The van der Waals surface area contributed by atoms with Crippen molar-refractivity contribution in [2.24, 2.45) is 11.3 Å². The van der Waals surface area contributed by atoms with Crippen molar-refractivity contribution >= 4 is 23.4 Å². The summed E-state index contributed by atoms with van der Waals surface area (Å²) in [5.41, 5.74) is 0.548. The number of rotatable bonds is 1. The molecule has 7 nitrogen and oxygen atoms in total. The van der Waals surface area contributed by atoms with Crippen LogP contribution < -0.4 is 15.4 Å². The first kappa shape index (κ1) is 19.6. The van der Waals surface area contributed by atoms with Gasteiger partial charge in [-0.25, -0.2) is 0 Å². The normalized spacial score (nSPS) is 40.8. The van der Waals surface area contributed by atoms with Crippen LogP contribution in [0, 0.1) is 11.3 Å². The Morgan fingerprint density at radius 1 is 1.21 bits per heavy atom. The van der Waals surface area contributed by atoms with E-state index in [1.54, 1.807) is 0 Å². The van der Waals surface area contributed by atoms with Crippen LogP contribution >= 0.6 is 0 Å². The van der Waals surface area contributed by atoms with Crippen LogP contribution in [0.15, 0.2) is 24.3 Å². The fraction of sp³-hybridized carbons (Fsp3) is 0.577. The number of amides is 3. The van der Waals surface area contributed by atoms with Gasteiger partial charge >= 0.3 is 0 Å². The van der Waals surface area contributed by atoms with E-state index in [1.165, 1.54) is 0 Å². The number of nitrogens with zero attached hydrogens (tertiary/aromatic N) is 1. The molecule has 6 aliphatic heterocycles. The van der Waals surface area contributed by atoms with Crippen molar-refractivity contribution < 1.29 is 19.1 Å². The number of hydrogen-bond donors (Lipinski definition) is 2. The molecule has 7 aliphatic rings. The molecule has 8 rings (SSSR count). The maximum absolute atomic E-state index is 13.9. The molecule has 5 fully saturated rings. The maximum Gasteiger partial charge on any atom is 0.249 e. The summed E-state index contributed by atoms with van der Waals surface area (Å²) in [4.78, 5) is 43.0. The van der Waals surface area contributed by atoms with Crippen molar-refractivity contribution in [1.29, 1.82) is 0 Å². The number of fused-ring (bicyclic) bond motifs is 5. The molecule has 6 heterocycles. The van der Waals surface area contributed by atoms with Crippen molar-refractivity contribution in [2.75, 3.05) is 11.9 Å². The number of ether oxygens (including phenoxy) is 1. The maximum atomic E-state index is 13.9. The molecule has 2 bridgehead atoms. The van der Waals surface area contributed by atoms with Gasteiger partial charge in [-0.1, -0.05) is 26.5 Å². The van der Waals surface area contributed by atoms with Crippen molar-refractivity contribution in [3.05, 3.63) is 35.4 Å². The molecular formula is C26H29N3O4. The van der Waals surface area contributed by atoms with Crippen LogP contribution in [0.1, 0.15) is 57.6 Å². The molecule has 2 N–H and O–H groups in total. The molecule has 1 aromatic rings. The summed E-state index contributed by atoms with van der Waals surface area (Å²) in [6.45, 7) is 10.9. The van der Waals surface area contributed by atoms with Crippen LogP contribution in [0.5, 0.6) is 5.75 Å². The molecule has 7 heteroatoms. The summed E-state index contributed by atoms with van der Waals surface area (Å²) in [5.74, 6) is 0.591. The zero-order chi connectivity index (χ0) is 23.1. The van der Waals surface area contributed by atoms with Crippen molar-refractivity contribution in [2.45, 2.75) is 75.5 Å². The minimum Gasteiger partial charge on any atom is -0.485 e. The third-order valence-corrected chi connectivity index (χ3v) is 10.1. The molecule has 3 spiro atoms. The number of anilines is 1. The Hall–Kier alpha value is -2.83. The molecule has 0 aromatic heterocycles. The fourth-order valence-electron chi connectivity index (χ4n) is 8.39. The zero-order valence-electron chi connectivity index (χ0n) is 19.3. The lowest BCUT2D eigenvalue weighted by molar-refractivity contribution is -0.175. The SMILES string of the molecule is C=C(C)C1Cc2c(ccc3c2NC(=O)[C@]32CC34NC(=O)[C@]5(CCCN5C3=O)C[C@@H]4C2(C)C)O1. The van der Waals surface area contributed by atoms with Crippen molar-refractivity contribution in [1.82, 2.24) is 10.2 Å². The highest BCUT2D eigenvalue weighted by Gasteiger charge is 2.80. The van der Waals surface area contributed by atoms with Gasteiger partial charge < -0.3 is 20.3 Å². The topological polar surface area (TPSA) is 87.7 Å². The Kier molecular flexibility index (Phi) is 3.24. The van der Waals surface area contributed by atoms with E-state index >= 15 is 0 Å². The van der Waals surface area contributed by atoms with Gasteiger partial charge in [-0.05, 0) is 55.2 Å². The Bertz CT molecular complexity index is 1220. The highest BCUT2D eigenvalue weighted by atomic mass is 16.5. The summed E-state index contributed by atoms with van der Waals surface area (Å²) < 4.78 is 6.09. The van der Waals surface area contributed by atoms with Gasteiger partial charge in [0.05, 0.1) is 11.1 Å². The van der Waals surface area contributed by atoms with Crippen LogP contribution in [0.3, 0.4) is 0 Å². The van der Waals surface area contributed by atoms with E-state index in [4.69, 9.17) is 4.74 Å². The van der Waals surface area contributed by atoms with Crippen LogP contribution in [-0.2, 0) is 26.2 Å². The molecule has 2 unspecified atom stereocenters. The van der Waals surface area contributed by atoms with Gasteiger partial charge in [0, 0.05) is 24.4 Å². The average Bonchev–Trinajstić information content (AvgIpc) is 3.48. The zero-order valence-corrected chi connectivity index (χ0v) is 19.3.